The molecular weight excluding hydrogens is 300 g/mol. The Morgan fingerprint density at radius 2 is 2.04 bits per heavy atom. The lowest BCUT2D eigenvalue weighted by Crippen LogP contribution is -2.37. The van der Waals surface area contributed by atoms with Crippen LogP contribution in [0.1, 0.15) is 17.4 Å². The Bertz CT molecular complexity index is 695. The van der Waals surface area contributed by atoms with Crippen LogP contribution in [-0.4, -0.2) is 59.0 Å². The summed E-state index contributed by atoms with van der Waals surface area (Å²) in [7, 11) is 0. The summed E-state index contributed by atoms with van der Waals surface area (Å²) in [6.45, 7) is 4.65. The normalized spacial score (nSPS) is 14.7. The van der Waals surface area contributed by atoms with E-state index >= 15 is 0 Å². The topological polar surface area (TPSA) is 89.7 Å². The Kier molecular flexibility index (Phi) is 4.42. The van der Waals surface area contributed by atoms with E-state index in [4.69, 9.17) is 9.47 Å². The van der Waals surface area contributed by atoms with Gasteiger partial charge in [0, 0.05) is 13.1 Å². The molecule has 0 unspecified atom stereocenters. The van der Waals surface area contributed by atoms with E-state index in [0.29, 0.717) is 50.2 Å². The van der Waals surface area contributed by atoms with Gasteiger partial charge in [0.2, 0.25) is 5.69 Å². The number of carboxylic acids is 1. The molecule has 1 saturated heterocycles. The maximum absolute atomic E-state index is 11.5. The number of carboxylic acid groups (broad SMARTS) is 1. The summed E-state index contributed by atoms with van der Waals surface area (Å²) in [5, 5.41) is 17.9. The first-order valence-electron chi connectivity index (χ1n) is 7.46. The first-order chi connectivity index (χ1) is 11.2. The van der Waals surface area contributed by atoms with Crippen LogP contribution in [0.5, 0.6) is 5.75 Å². The second-order valence-electron chi connectivity index (χ2n) is 4.97. The van der Waals surface area contributed by atoms with Gasteiger partial charge in [-0.3, -0.25) is 0 Å². The molecule has 1 N–H and O–H groups in total. The predicted molar refractivity (Wildman–Crippen MR) is 82.5 cm³/mol. The molecule has 8 heteroatoms. The monoisotopic (exact) mass is 318 g/mol. The number of aromatic nitrogens is 3. The van der Waals surface area contributed by atoms with Crippen molar-refractivity contribution < 1.29 is 19.4 Å². The van der Waals surface area contributed by atoms with Gasteiger partial charge >= 0.3 is 5.97 Å². The molecule has 0 aliphatic carbocycles. The Labute approximate surface area is 133 Å². The van der Waals surface area contributed by atoms with Crippen molar-refractivity contribution in [1.82, 2.24) is 15.0 Å². The number of hydrogen-bond donors (Lipinski definition) is 1. The van der Waals surface area contributed by atoms with Gasteiger partial charge in [-0.05, 0) is 19.1 Å². The molecule has 3 rings (SSSR count). The third-order valence-electron chi connectivity index (χ3n) is 3.49. The van der Waals surface area contributed by atoms with Gasteiger partial charge in [-0.1, -0.05) is 12.1 Å². The minimum atomic E-state index is -1.10. The summed E-state index contributed by atoms with van der Waals surface area (Å²) in [5.41, 5.74) is 0.537. The van der Waals surface area contributed by atoms with Crippen LogP contribution in [0.4, 0.5) is 5.82 Å². The molecule has 0 spiro atoms. The number of ether oxygens (including phenoxy) is 2. The molecule has 2 aromatic rings. The Hall–Kier alpha value is -2.61. The van der Waals surface area contributed by atoms with E-state index in [2.05, 4.69) is 10.2 Å². The molecule has 1 aromatic heterocycles. The summed E-state index contributed by atoms with van der Waals surface area (Å²) in [4.78, 5) is 14.7. The maximum Gasteiger partial charge on any atom is 0.360 e. The third kappa shape index (κ3) is 3.11. The molecule has 1 aliphatic rings. The summed E-state index contributed by atoms with van der Waals surface area (Å²) in [6.07, 6.45) is 0. The molecule has 122 valence electrons. The lowest BCUT2D eigenvalue weighted by atomic mass is 10.3. The Morgan fingerprint density at radius 3 is 2.74 bits per heavy atom. The molecule has 1 aliphatic heterocycles. The zero-order valence-electron chi connectivity index (χ0n) is 12.8. The molecular formula is C15H18N4O4. The Balaban J connectivity index is 2.02. The number of morpholine rings is 1. The summed E-state index contributed by atoms with van der Waals surface area (Å²) in [5.74, 6) is -0.144. The smallest absolute Gasteiger partial charge is 0.360 e. The molecule has 0 amide bonds. The lowest BCUT2D eigenvalue weighted by molar-refractivity contribution is 0.0689. The van der Waals surface area contributed by atoms with Gasteiger partial charge < -0.3 is 19.5 Å². The van der Waals surface area contributed by atoms with Crippen LogP contribution < -0.4 is 9.64 Å². The number of anilines is 1. The van der Waals surface area contributed by atoms with E-state index in [-0.39, 0.29) is 5.69 Å². The van der Waals surface area contributed by atoms with E-state index in [0.717, 1.165) is 0 Å². The summed E-state index contributed by atoms with van der Waals surface area (Å²) < 4.78 is 10.9. The average molecular weight is 318 g/mol. The number of carbonyl (C=O) groups is 1. The van der Waals surface area contributed by atoms with E-state index in [9.17, 15) is 9.90 Å². The van der Waals surface area contributed by atoms with Crippen LogP contribution in [0.15, 0.2) is 24.3 Å². The zero-order chi connectivity index (χ0) is 16.2. The van der Waals surface area contributed by atoms with Gasteiger partial charge in [0.15, 0.2) is 5.82 Å². The predicted octanol–water partition coefficient (Wildman–Crippen LogP) is 1.20. The highest BCUT2D eigenvalue weighted by Gasteiger charge is 2.25. The number of nitrogens with zero attached hydrogens (tertiary/aromatic N) is 4. The van der Waals surface area contributed by atoms with E-state index in [1.165, 1.54) is 4.80 Å². The fourth-order valence-corrected chi connectivity index (χ4v) is 2.43. The lowest BCUT2D eigenvalue weighted by Gasteiger charge is -2.26. The molecule has 0 radical (unpaired) electrons. The number of aromatic carboxylic acids is 1. The number of para-hydroxylation sites is 2. The fourth-order valence-electron chi connectivity index (χ4n) is 2.43. The first-order valence-corrected chi connectivity index (χ1v) is 7.46. The highest BCUT2D eigenvalue weighted by Crippen LogP contribution is 2.24. The van der Waals surface area contributed by atoms with Crippen molar-refractivity contribution in [2.45, 2.75) is 6.92 Å². The first kappa shape index (κ1) is 15.3. The van der Waals surface area contributed by atoms with Crippen molar-refractivity contribution in [3.8, 4) is 11.4 Å². The highest BCUT2D eigenvalue weighted by atomic mass is 16.5. The molecule has 23 heavy (non-hydrogen) atoms. The van der Waals surface area contributed by atoms with Crippen LogP contribution in [0.3, 0.4) is 0 Å². The Morgan fingerprint density at radius 1 is 1.30 bits per heavy atom. The quantitative estimate of drug-likeness (QED) is 0.886. The van der Waals surface area contributed by atoms with Crippen molar-refractivity contribution in [2.24, 2.45) is 0 Å². The second kappa shape index (κ2) is 6.66. The average Bonchev–Trinajstić information content (AvgIpc) is 3.02. The van der Waals surface area contributed by atoms with E-state index < -0.39 is 5.97 Å². The van der Waals surface area contributed by atoms with Crippen molar-refractivity contribution in [3.63, 3.8) is 0 Å². The van der Waals surface area contributed by atoms with Gasteiger partial charge in [-0.15, -0.1) is 15.0 Å². The fraction of sp³-hybridized carbons (Fsp3) is 0.400. The van der Waals surface area contributed by atoms with Crippen LogP contribution in [-0.2, 0) is 4.74 Å². The zero-order valence-corrected chi connectivity index (χ0v) is 12.8. The van der Waals surface area contributed by atoms with Crippen molar-refractivity contribution in [1.29, 1.82) is 0 Å². The van der Waals surface area contributed by atoms with E-state index in [1.54, 1.807) is 12.1 Å². The SMILES string of the molecule is CCOc1ccccc1-n1nc(C(=O)O)c(N2CCOCC2)n1. The molecule has 1 aromatic carbocycles. The van der Waals surface area contributed by atoms with Gasteiger partial charge in [0.1, 0.15) is 11.4 Å². The van der Waals surface area contributed by atoms with Crippen LogP contribution in [0.25, 0.3) is 5.69 Å². The van der Waals surface area contributed by atoms with Gasteiger partial charge in [0.25, 0.3) is 0 Å². The van der Waals surface area contributed by atoms with Gasteiger partial charge in [0.05, 0.1) is 19.8 Å². The van der Waals surface area contributed by atoms with Crippen LogP contribution in [0, 0.1) is 0 Å². The molecule has 2 heterocycles. The second-order valence-corrected chi connectivity index (χ2v) is 4.97. The molecule has 0 saturated carbocycles. The maximum atomic E-state index is 11.5. The number of hydrogen-bond acceptors (Lipinski definition) is 6. The molecule has 8 nitrogen and oxygen atoms in total. The largest absolute Gasteiger partial charge is 0.492 e. The third-order valence-corrected chi connectivity index (χ3v) is 3.49. The van der Waals surface area contributed by atoms with Gasteiger partial charge in [-0.25, -0.2) is 4.79 Å². The number of rotatable bonds is 5. The highest BCUT2D eigenvalue weighted by molar-refractivity contribution is 5.91. The minimum Gasteiger partial charge on any atom is -0.492 e. The minimum absolute atomic E-state index is 0.0711. The van der Waals surface area contributed by atoms with E-state index in [1.807, 2.05) is 24.0 Å². The molecule has 0 atom stereocenters. The van der Waals surface area contributed by atoms with Crippen molar-refractivity contribution in [2.75, 3.05) is 37.8 Å². The van der Waals surface area contributed by atoms with Crippen molar-refractivity contribution in [3.05, 3.63) is 30.0 Å². The molecule has 1 fully saturated rings. The summed E-state index contributed by atoms with van der Waals surface area (Å²) in [6, 6.07) is 7.27. The summed E-state index contributed by atoms with van der Waals surface area (Å²) >= 11 is 0. The van der Waals surface area contributed by atoms with Crippen molar-refractivity contribution >= 4 is 11.8 Å². The standard InChI is InChI=1S/C15H18N4O4/c1-2-23-12-6-4-3-5-11(12)19-16-13(15(20)21)14(17-19)18-7-9-22-10-8-18/h3-6H,2,7-10H2,1H3,(H,20,21). The van der Waals surface area contributed by atoms with Gasteiger partial charge in [-0.2, -0.15) is 0 Å². The van der Waals surface area contributed by atoms with Crippen LogP contribution >= 0.6 is 0 Å². The molecule has 0 bridgehead atoms. The number of benzene rings is 1. The van der Waals surface area contributed by atoms with Crippen LogP contribution in [0.2, 0.25) is 0 Å².